The first-order chi connectivity index (χ1) is 5.54. The molecule has 0 spiro atoms. The minimum Gasteiger partial charge on any atom is -0.550 e. The Morgan fingerprint density at radius 1 is 0.684 bits per heavy atom. The number of hydrogen-bond acceptors (Lipinski definition) is 6. The summed E-state index contributed by atoms with van der Waals surface area (Å²) in [6, 6.07) is 0. The average Bonchev–Trinajstić information content (AvgIpc) is 1.87. The Morgan fingerprint density at radius 2 is 0.842 bits per heavy atom. The van der Waals surface area contributed by atoms with Crippen molar-refractivity contribution in [2.45, 2.75) is 12.8 Å². The molecule has 0 unspecified atom stereocenters. The Morgan fingerprint density at radius 3 is 0.842 bits per heavy atom. The molecule has 0 aromatic rings. The molecule has 0 aromatic carbocycles. The third-order valence-electron chi connectivity index (χ3n) is 0.697. The first-order valence-corrected chi connectivity index (χ1v) is 3.34. The Kier molecular flexibility index (Phi) is 179. The van der Waals surface area contributed by atoms with Crippen LogP contribution in [-0.2, 0) is 26.7 Å². The van der Waals surface area contributed by atoms with Gasteiger partial charge in [0.05, 0.1) is 0 Å². The van der Waals surface area contributed by atoms with E-state index in [0.717, 1.165) is 0 Å². The standard InChI is InChI=1S/2C3H7NO2.Cu.6H2O/c2*4-2-1-3(5)6;;;;;;;/h2*1-2,4H2,(H,5,6);;6*1H2/q;;+2;;;;;;/p-2. The minimum absolute atomic E-state index is 0. The van der Waals surface area contributed by atoms with Gasteiger partial charge in [-0.2, -0.15) is 0 Å². The van der Waals surface area contributed by atoms with Crippen LogP contribution in [0.4, 0.5) is 0 Å². The molecule has 0 atom stereocenters. The number of carboxylic acid groups (broad SMARTS) is 2. The quantitative estimate of drug-likeness (QED) is 0.464. The number of aliphatic carboxylic acids is 2. The molecule has 0 fully saturated rings. The molecule has 0 bridgehead atoms. The molecule has 0 aromatic heterocycles. The van der Waals surface area contributed by atoms with Gasteiger partial charge in [-0.25, -0.2) is 0 Å². The maximum Gasteiger partial charge on any atom is 2.00 e. The first kappa shape index (κ1) is 63.8. The molecule has 1 radical (unpaired) electrons. The minimum atomic E-state index is -1.09. The maximum atomic E-state index is 9.41. The summed E-state index contributed by atoms with van der Waals surface area (Å²) in [4.78, 5) is 18.8. The van der Waals surface area contributed by atoms with E-state index in [-0.39, 0.29) is 75.9 Å². The van der Waals surface area contributed by atoms with E-state index >= 15 is 0 Å². The fraction of sp³-hybridized carbons (Fsp3) is 0.667. The van der Waals surface area contributed by atoms with E-state index in [9.17, 15) is 19.8 Å². The van der Waals surface area contributed by atoms with Crippen molar-refractivity contribution in [1.29, 1.82) is 0 Å². The molecule has 0 aliphatic rings. The van der Waals surface area contributed by atoms with E-state index < -0.39 is 11.9 Å². The van der Waals surface area contributed by atoms with Gasteiger partial charge in [0, 0.05) is 11.9 Å². The second-order valence-corrected chi connectivity index (χ2v) is 1.82. The molecule has 0 amide bonds. The number of carbonyl (C=O) groups excluding carboxylic acids is 2. The van der Waals surface area contributed by atoms with Gasteiger partial charge in [-0.1, -0.05) is 0 Å². The summed E-state index contributed by atoms with van der Waals surface area (Å²) < 4.78 is 0. The van der Waals surface area contributed by atoms with Gasteiger partial charge in [-0.05, 0) is 25.9 Å². The van der Waals surface area contributed by atoms with Crippen LogP contribution in [0.15, 0.2) is 0 Å². The van der Waals surface area contributed by atoms with E-state index in [1.54, 1.807) is 0 Å². The van der Waals surface area contributed by atoms with Crippen molar-refractivity contribution in [2.75, 3.05) is 13.1 Å². The fourth-order valence-corrected chi connectivity index (χ4v) is 0.236. The van der Waals surface area contributed by atoms with Crippen LogP contribution in [0.3, 0.4) is 0 Å². The normalized spacial score (nSPS) is 5.16. The van der Waals surface area contributed by atoms with Crippen LogP contribution >= 0.6 is 0 Å². The van der Waals surface area contributed by atoms with Crippen LogP contribution < -0.4 is 21.7 Å². The molecule has 12 nitrogen and oxygen atoms in total. The van der Waals surface area contributed by atoms with E-state index in [0.29, 0.717) is 0 Å². The van der Waals surface area contributed by atoms with Gasteiger partial charge in [-0.15, -0.1) is 0 Å². The van der Waals surface area contributed by atoms with Gasteiger partial charge in [0.25, 0.3) is 0 Å². The van der Waals surface area contributed by atoms with E-state index in [2.05, 4.69) is 0 Å². The Hall–Kier alpha value is -0.861. The monoisotopic (exact) mass is 347 g/mol. The molecule has 0 saturated heterocycles. The summed E-state index contributed by atoms with van der Waals surface area (Å²) in [7, 11) is 0. The molecular formula is C6H24CuN2O10. The predicted octanol–water partition coefficient (Wildman–Crippen LogP) is -8.78. The van der Waals surface area contributed by atoms with Gasteiger partial charge in [0.2, 0.25) is 0 Å². The molecule has 13 heteroatoms. The summed E-state index contributed by atoms with van der Waals surface area (Å²) in [5, 5.41) is 18.8. The average molecular weight is 348 g/mol. The van der Waals surface area contributed by atoms with E-state index in [4.69, 9.17) is 11.5 Å². The van der Waals surface area contributed by atoms with E-state index in [1.165, 1.54) is 0 Å². The number of hydrogen-bond donors (Lipinski definition) is 2. The number of nitrogens with two attached hydrogens (primary N) is 2. The predicted molar refractivity (Wildman–Crippen MR) is 59.0 cm³/mol. The van der Waals surface area contributed by atoms with Crippen LogP contribution in [0.1, 0.15) is 12.8 Å². The third-order valence-corrected chi connectivity index (χ3v) is 0.697. The van der Waals surface area contributed by atoms with Crippen LogP contribution in [-0.4, -0.2) is 57.9 Å². The van der Waals surface area contributed by atoms with Crippen molar-refractivity contribution >= 4 is 11.9 Å². The van der Waals surface area contributed by atoms with Gasteiger partial charge in [-0.3, -0.25) is 0 Å². The SMILES string of the molecule is NCCC(=O)[O-].NCCC(=O)[O-].O.O.O.O.O.O.[Cu+2]. The molecule has 0 heterocycles. The van der Waals surface area contributed by atoms with Crippen LogP contribution in [0.2, 0.25) is 0 Å². The largest absolute Gasteiger partial charge is 2.00 e. The Balaban J connectivity index is -0.0000000110. The Bertz CT molecular complexity index is 134. The summed E-state index contributed by atoms with van der Waals surface area (Å²) in [6.07, 6.45) is -0.0833. The summed E-state index contributed by atoms with van der Waals surface area (Å²) in [6.45, 7) is 0.338. The molecule has 0 saturated carbocycles. The topological polar surface area (TPSA) is 321 Å². The van der Waals surface area contributed by atoms with Crippen LogP contribution in [0.25, 0.3) is 0 Å². The van der Waals surface area contributed by atoms with Crippen LogP contribution in [0.5, 0.6) is 0 Å². The zero-order valence-corrected chi connectivity index (χ0v) is 10.9. The van der Waals surface area contributed by atoms with Crippen LogP contribution in [0, 0.1) is 0 Å². The third kappa shape index (κ3) is 149. The molecule has 16 N–H and O–H groups in total. The first-order valence-electron chi connectivity index (χ1n) is 3.34. The van der Waals surface area contributed by atoms with E-state index in [1.807, 2.05) is 0 Å². The van der Waals surface area contributed by atoms with Gasteiger partial charge < -0.3 is 64.1 Å². The van der Waals surface area contributed by atoms with Gasteiger partial charge >= 0.3 is 17.1 Å². The fourth-order valence-electron chi connectivity index (χ4n) is 0.236. The summed E-state index contributed by atoms with van der Waals surface area (Å²) in [5.74, 6) is -2.17. The smallest absolute Gasteiger partial charge is 0.550 e. The molecule has 0 rings (SSSR count). The summed E-state index contributed by atoms with van der Waals surface area (Å²) >= 11 is 0. The number of carbonyl (C=O) groups is 2. The van der Waals surface area contributed by atoms with Crippen molar-refractivity contribution < 1.29 is 69.7 Å². The van der Waals surface area contributed by atoms with Crippen molar-refractivity contribution in [2.24, 2.45) is 11.5 Å². The zero-order chi connectivity index (χ0) is 9.98. The Labute approximate surface area is 120 Å². The second-order valence-electron chi connectivity index (χ2n) is 1.82. The number of rotatable bonds is 4. The molecule has 0 aliphatic heterocycles. The maximum absolute atomic E-state index is 9.41. The van der Waals surface area contributed by atoms with Gasteiger partial charge in [0.15, 0.2) is 0 Å². The van der Waals surface area contributed by atoms with Gasteiger partial charge in [0.1, 0.15) is 0 Å². The molecule has 19 heavy (non-hydrogen) atoms. The summed E-state index contributed by atoms with van der Waals surface area (Å²) in [5.41, 5.74) is 9.62. The van der Waals surface area contributed by atoms with Crippen molar-refractivity contribution in [3.8, 4) is 0 Å². The molecular weight excluding hydrogens is 324 g/mol. The molecule has 0 aliphatic carbocycles. The zero-order valence-electron chi connectivity index (χ0n) is 9.92. The van der Waals surface area contributed by atoms with Crippen molar-refractivity contribution in [1.82, 2.24) is 0 Å². The second kappa shape index (κ2) is 53.4. The van der Waals surface area contributed by atoms with Crippen molar-refractivity contribution in [3.05, 3.63) is 0 Å². The van der Waals surface area contributed by atoms with Crippen molar-refractivity contribution in [3.63, 3.8) is 0 Å². The molecule has 129 valence electrons. The number of carboxylic acids is 2.